The van der Waals surface area contributed by atoms with Gasteiger partial charge in [0.25, 0.3) is 11.7 Å². The maximum atomic E-state index is 12.9. The fourth-order valence-electron chi connectivity index (χ4n) is 4.08. The molecule has 30 heavy (non-hydrogen) atoms. The molecule has 2 aliphatic rings. The molecule has 0 spiro atoms. The number of amides is 1. The summed E-state index contributed by atoms with van der Waals surface area (Å²) in [7, 11) is 0. The highest BCUT2D eigenvalue weighted by atomic mass is 16.5. The normalized spacial score (nSPS) is 22.4. The highest BCUT2D eigenvalue weighted by Crippen LogP contribution is 2.41. The summed E-state index contributed by atoms with van der Waals surface area (Å²) in [4.78, 5) is 27.1. The van der Waals surface area contributed by atoms with Gasteiger partial charge < -0.3 is 23.6 Å². The number of hydrogen-bond acceptors (Lipinski definition) is 6. The lowest BCUT2D eigenvalue weighted by atomic mass is 9.97. The number of benzene rings is 1. The molecule has 1 amide bonds. The van der Waals surface area contributed by atoms with Crippen molar-refractivity contribution in [3.63, 3.8) is 0 Å². The third kappa shape index (κ3) is 2.90. The lowest BCUT2D eigenvalue weighted by Gasteiger charge is -2.22. The predicted octanol–water partition coefficient (Wildman–Crippen LogP) is 3.82. The number of nitrogens with zero attached hydrogens (tertiary/aromatic N) is 1. The minimum Gasteiger partial charge on any atom is -0.507 e. The zero-order valence-electron chi connectivity index (χ0n) is 16.2. The van der Waals surface area contributed by atoms with Gasteiger partial charge in [-0.2, -0.15) is 0 Å². The van der Waals surface area contributed by atoms with E-state index in [4.69, 9.17) is 13.6 Å². The molecular weight excluding hydrogens is 386 g/mol. The molecule has 1 saturated heterocycles. The highest BCUT2D eigenvalue weighted by molar-refractivity contribution is 6.46. The maximum Gasteiger partial charge on any atom is 0.296 e. The van der Waals surface area contributed by atoms with E-state index < -0.39 is 17.7 Å². The van der Waals surface area contributed by atoms with Crippen LogP contribution in [0.25, 0.3) is 5.76 Å². The largest absolute Gasteiger partial charge is 0.507 e. The monoisotopic (exact) mass is 405 g/mol. The van der Waals surface area contributed by atoms with Crippen molar-refractivity contribution in [1.82, 2.24) is 4.90 Å². The summed E-state index contributed by atoms with van der Waals surface area (Å²) < 4.78 is 16.6. The van der Waals surface area contributed by atoms with Crippen molar-refractivity contribution in [1.29, 1.82) is 0 Å². The van der Waals surface area contributed by atoms with Crippen molar-refractivity contribution in [2.45, 2.75) is 32.0 Å². The second kappa shape index (κ2) is 6.95. The van der Waals surface area contributed by atoms with Gasteiger partial charge in [0, 0.05) is 12.0 Å². The van der Waals surface area contributed by atoms with Crippen LogP contribution < -0.4 is 4.74 Å². The Morgan fingerprint density at radius 2 is 1.93 bits per heavy atom. The average molecular weight is 405 g/mol. The van der Waals surface area contributed by atoms with Crippen molar-refractivity contribution >= 4 is 17.4 Å². The van der Waals surface area contributed by atoms with Crippen LogP contribution in [0.3, 0.4) is 0 Å². The number of fused-ring (bicyclic) bond motifs is 1. The van der Waals surface area contributed by atoms with Crippen LogP contribution in [-0.4, -0.2) is 27.8 Å². The van der Waals surface area contributed by atoms with Gasteiger partial charge in [0.1, 0.15) is 35.2 Å². The van der Waals surface area contributed by atoms with Crippen LogP contribution >= 0.6 is 0 Å². The van der Waals surface area contributed by atoms with E-state index >= 15 is 0 Å². The minimum atomic E-state index is -0.853. The van der Waals surface area contributed by atoms with E-state index in [0.717, 1.165) is 11.3 Å². The van der Waals surface area contributed by atoms with E-state index in [-0.39, 0.29) is 24.0 Å². The minimum absolute atomic E-state index is 0.00609. The molecule has 0 bridgehead atoms. The molecular formula is C23H19NO6. The maximum absolute atomic E-state index is 12.9. The second-order valence-electron chi connectivity index (χ2n) is 7.48. The number of ether oxygens (including phenoxy) is 1. The van der Waals surface area contributed by atoms with Crippen molar-refractivity contribution in [3.8, 4) is 5.75 Å². The summed E-state index contributed by atoms with van der Waals surface area (Å²) in [6.07, 6.45) is 3.74. The molecule has 0 radical (unpaired) electrons. The van der Waals surface area contributed by atoms with E-state index in [2.05, 4.69) is 0 Å². The lowest BCUT2D eigenvalue weighted by Crippen LogP contribution is -2.28. The molecule has 152 valence electrons. The first-order chi connectivity index (χ1) is 14.5. The Balaban J connectivity index is 1.61. The predicted molar refractivity (Wildman–Crippen MR) is 105 cm³/mol. The van der Waals surface area contributed by atoms with E-state index in [1.807, 2.05) is 6.92 Å². The number of Topliss-reactive ketones (excluding diaryl/α,β-unsaturated/α-hetero) is 1. The molecule has 7 nitrogen and oxygen atoms in total. The molecule has 2 aliphatic heterocycles. The number of rotatable bonds is 4. The van der Waals surface area contributed by atoms with E-state index in [9.17, 15) is 14.7 Å². The van der Waals surface area contributed by atoms with Crippen LogP contribution in [0.15, 0.2) is 69.4 Å². The number of likely N-dealkylation sites (tertiary alicyclic amines) is 1. The summed E-state index contributed by atoms with van der Waals surface area (Å²) in [5, 5.41) is 11.1. The molecule has 1 fully saturated rings. The van der Waals surface area contributed by atoms with Gasteiger partial charge >= 0.3 is 0 Å². The van der Waals surface area contributed by atoms with E-state index in [1.54, 1.807) is 42.5 Å². The topological polar surface area (TPSA) is 93.1 Å². The fraction of sp³-hybridized carbons (Fsp3) is 0.217. The van der Waals surface area contributed by atoms with Gasteiger partial charge in [0.05, 0.1) is 24.6 Å². The summed E-state index contributed by atoms with van der Waals surface area (Å²) in [5.41, 5.74) is 1.40. The molecule has 1 aromatic carbocycles. The Hall–Kier alpha value is -3.74. The Labute approximate surface area is 172 Å². The van der Waals surface area contributed by atoms with Gasteiger partial charge in [0.2, 0.25) is 0 Å². The third-order valence-electron chi connectivity index (χ3n) is 5.43. The molecule has 1 N–H and O–H groups in total. The fourth-order valence-corrected chi connectivity index (χ4v) is 4.08. The smallest absolute Gasteiger partial charge is 0.296 e. The molecule has 7 heteroatoms. The first-order valence-corrected chi connectivity index (χ1v) is 9.67. The van der Waals surface area contributed by atoms with Crippen LogP contribution in [0, 0.1) is 0 Å². The van der Waals surface area contributed by atoms with Gasteiger partial charge in [-0.15, -0.1) is 0 Å². The molecule has 2 unspecified atom stereocenters. The van der Waals surface area contributed by atoms with Crippen LogP contribution in [0.5, 0.6) is 5.75 Å². The highest BCUT2D eigenvalue weighted by Gasteiger charge is 2.47. The van der Waals surface area contributed by atoms with Crippen molar-refractivity contribution in [2.24, 2.45) is 0 Å². The molecule has 0 aliphatic carbocycles. The van der Waals surface area contributed by atoms with Gasteiger partial charge in [-0.25, -0.2) is 0 Å². The zero-order valence-corrected chi connectivity index (χ0v) is 16.2. The summed E-state index contributed by atoms with van der Waals surface area (Å²) >= 11 is 0. The number of aliphatic hydroxyl groups excluding tert-OH is 1. The Morgan fingerprint density at radius 3 is 2.67 bits per heavy atom. The van der Waals surface area contributed by atoms with Crippen LogP contribution in [0.4, 0.5) is 0 Å². The third-order valence-corrected chi connectivity index (χ3v) is 5.43. The molecule has 5 rings (SSSR count). The molecule has 3 aromatic rings. The Kier molecular flexibility index (Phi) is 4.24. The molecule has 2 atom stereocenters. The van der Waals surface area contributed by atoms with Gasteiger partial charge in [-0.05, 0) is 55.0 Å². The van der Waals surface area contributed by atoms with Crippen LogP contribution in [0.2, 0.25) is 0 Å². The molecule has 0 saturated carbocycles. The van der Waals surface area contributed by atoms with Crippen molar-refractivity contribution in [3.05, 3.63) is 83.2 Å². The average Bonchev–Trinajstić information content (AvgIpc) is 3.51. The summed E-state index contributed by atoms with van der Waals surface area (Å²) in [6.45, 7) is 2.05. The van der Waals surface area contributed by atoms with E-state index in [1.165, 1.54) is 17.4 Å². The first-order valence-electron chi connectivity index (χ1n) is 9.67. The van der Waals surface area contributed by atoms with Crippen molar-refractivity contribution in [2.75, 3.05) is 0 Å². The summed E-state index contributed by atoms with van der Waals surface area (Å²) in [5.74, 6) is -0.0328. The van der Waals surface area contributed by atoms with Gasteiger partial charge in [-0.3, -0.25) is 9.59 Å². The van der Waals surface area contributed by atoms with Crippen LogP contribution in [-0.2, 0) is 22.6 Å². The number of hydrogen-bond donors (Lipinski definition) is 1. The van der Waals surface area contributed by atoms with Crippen LogP contribution in [0.1, 0.15) is 35.6 Å². The number of carbonyl (C=O) groups excluding carboxylic acids is 2. The Morgan fingerprint density at radius 1 is 1.13 bits per heavy atom. The van der Waals surface area contributed by atoms with Gasteiger partial charge in [-0.1, -0.05) is 0 Å². The van der Waals surface area contributed by atoms with Crippen molar-refractivity contribution < 1.29 is 28.3 Å². The quantitative estimate of drug-likeness (QED) is 0.403. The number of ketones is 1. The SMILES string of the molecule is CC1Cc2cc(/C(O)=C3/C(=O)C(=O)N(Cc4ccco4)C3c3ccco3)ccc2O1. The Bertz CT molecular complexity index is 1140. The number of furan rings is 2. The second-order valence-corrected chi connectivity index (χ2v) is 7.48. The molecule has 2 aromatic heterocycles. The standard InChI is InChI=1S/C23H19NO6/c1-13-10-15-11-14(6-7-17(15)30-13)21(25)19-20(18-5-3-9-29-18)24(23(27)22(19)26)12-16-4-2-8-28-16/h2-9,11,13,20,25H,10,12H2,1H3/b21-19-. The van der Waals surface area contributed by atoms with E-state index in [0.29, 0.717) is 23.5 Å². The number of aliphatic hydroxyl groups is 1. The summed E-state index contributed by atoms with van der Waals surface area (Å²) in [6, 6.07) is 11.2. The molecule has 4 heterocycles. The lowest BCUT2D eigenvalue weighted by molar-refractivity contribution is -0.140. The number of carbonyl (C=O) groups is 2. The zero-order chi connectivity index (χ0) is 20.8. The first kappa shape index (κ1) is 18.3. The van der Waals surface area contributed by atoms with Gasteiger partial charge in [0.15, 0.2) is 0 Å².